The Morgan fingerprint density at radius 1 is 1.25 bits per heavy atom. The molecule has 0 aliphatic rings. The number of hydrogen-bond donors (Lipinski definition) is 1. The molecular weight excluding hydrogens is 302 g/mol. The molecular formula is C19H25N3O2. The molecule has 24 heavy (non-hydrogen) atoms. The Labute approximate surface area is 142 Å². The van der Waals surface area contributed by atoms with E-state index in [0.29, 0.717) is 6.54 Å². The van der Waals surface area contributed by atoms with E-state index in [1.54, 1.807) is 10.8 Å². The average Bonchev–Trinajstić information content (AvgIpc) is 2.52. The van der Waals surface area contributed by atoms with Gasteiger partial charge in [0.25, 0.3) is 5.91 Å². The van der Waals surface area contributed by atoms with Crippen LogP contribution in [0.2, 0.25) is 0 Å². The standard InChI is InChI=1S/C19H25N3O2/c1-13-8-6-7-9-15(13)17(21(3)4)11-20-19(24)16-12-22(5)14(2)10-18(16)23/h6-10,12,17H,11H2,1-5H3,(H,20,24). The fourth-order valence-electron chi connectivity index (χ4n) is 2.71. The molecule has 0 aliphatic heterocycles. The van der Waals surface area contributed by atoms with E-state index in [1.165, 1.54) is 17.2 Å². The third-order valence-electron chi connectivity index (χ3n) is 4.36. The van der Waals surface area contributed by atoms with Crippen molar-refractivity contribution in [3.63, 3.8) is 0 Å². The number of pyridine rings is 1. The van der Waals surface area contributed by atoms with Crippen LogP contribution < -0.4 is 10.7 Å². The van der Waals surface area contributed by atoms with Gasteiger partial charge in [0.1, 0.15) is 5.56 Å². The van der Waals surface area contributed by atoms with Gasteiger partial charge in [0.2, 0.25) is 0 Å². The van der Waals surface area contributed by atoms with Crippen molar-refractivity contribution in [2.45, 2.75) is 19.9 Å². The molecule has 0 saturated heterocycles. The first-order valence-corrected chi connectivity index (χ1v) is 7.98. The summed E-state index contributed by atoms with van der Waals surface area (Å²) in [5.41, 5.74) is 3.09. The van der Waals surface area contributed by atoms with E-state index in [0.717, 1.165) is 5.69 Å². The maximum Gasteiger partial charge on any atom is 0.256 e. The Kier molecular flexibility index (Phi) is 5.57. The zero-order valence-corrected chi connectivity index (χ0v) is 15.0. The fourth-order valence-corrected chi connectivity index (χ4v) is 2.71. The average molecular weight is 327 g/mol. The van der Waals surface area contributed by atoms with Gasteiger partial charge in [-0.05, 0) is 39.1 Å². The van der Waals surface area contributed by atoms with E-state index in [2.05, 4.69) is 29.3 Å². The quantitative estimate of drug-likeness (QED) is 0.914. The molecule has 5 nitrogen and oxygen atoms in total. The third kappa shape index (κ3) is 3.92. The second-order valence-electron chi connectivity index (χ2n) is 6.35. The Bertz CT molecular complexity index is 793. The highest BCUT2D eigenvalue weighted by molar-refractivity contribution is 5.93. The van der Waals surface area contributed by atoms with Gasteiger partial charge in [-0.25, -0.2) is 0 Å². The van der Waals surface area contributed by atoms with Gasteiger partial charge in [-0.3, -0.25) is 9.59 Å². The van der Waals surface area contributed by atoms with Crippen molar-refractivity contribution in [3.05, 3.63) is 69.1 Å². The molecule has 1 N–H and O–H groups in total. The molecule has 1 atom stereocenters. The molecule has 1 aromatic carbocycles. The Morgan fingerprint density at radius 3 is 2.54 bits per heavy atom. The molecule has 1 unspecified atom stereocenters. The molecule has 0 spiro atoms. The van der Waals surface area contributed by atoms with Crippen LogP contribution in [0, 0.1) is 13.8 Å². The smallest absolute Gasteiger partial charge is 0.256 e. The second-order valence-corrected chi connectivity index (χ2v) is 6.35. The molecule has 0 radical (unpaired) electrons. The SMILES string of the molecule is Cc1ccccc1C(CNC(=O)c1cn(C)c(C)cc1=O)N(C)C. The van der Waals surface area contributed by atoms with Gasteiger partial charge in [-0.15, -0.1) is 0 Å². The van der Waals surface area contributed by atoms with Crippen LogP contribution in [0.4, 0.5) is 0 Å². The molecule has 1 aromatic heterocycles. The highest BCUT2D eigenvalue weighted by Gasteiger charge is 2.18. The van der Waals surface area contributed by atoms with Crippen molar-refractivity contribution in [2.75, 3.05) is 20.6 Å². The second kappa shape index (κ2) is 7.45. The lowest BCUT2D eigenvalue weighted by atomic mass is 10.0. The number of benzene rings is 1. The molecule has 0 saturated carbocycles. The molecule has 1 heterocycles. The van der Waals surface area contributed by atoms with E-state index < -0.39 is 0 Å². The summed E-state index contributed by atoms with van der Waals surface area (Å²) in [7, 11) is 5.78. The van der Waals surface area contributed by atoms with Crippen LogP contribution in [0.5, 0.6) is 0 Å². The van der Waals surface area contributed by atoms with Crippen LogP contribution >= 0.6 is 0 Å². The molecule has 2 aromatic rings. The van der Waals surface area contributed by atoms with Crippen molar-refractivity contribution < 1.29 is 4.79 Å². The van der Waals surface area contributed by atoms with E-state index in [4.69, 9.17) is 0 Å². The monoisotopic (exact) mass is 327 g/mol. The molecule has 0 fully saturated rings. The number of rotatable bonds is 5. The fraction of sp³-hybridized carbons (Fsp3) is 0.368. The Balaban J connectivity index is 2.19. The summed E-state index contributed by atoms with van der Waals surface area (Å²) < 4.78 is 1.78. The van der Waals surface area contributed by atoms with E-state index in [-0.39, 0.29) is 22.9 Å². The van der Waals surface area contributed by atoms with Gasteiger partial charge in [0.05, 0.1) is 6.04 Å². The number of nitrogens with one attached hydrogen (secondary N) is 1. The maximum atomic E-state index is 12.4. The first kappa shape index (κ1) is 17.9. The topological polar surface area (TPSA) is 54.3 Å². The van der Waals surface area contributed by atoms with Crippen molar-refractivity contribution in [1.29, 1.82) is 0 Å². The number of aryl methyl sites for hydroxylation is 3. The molecule has 1 amide bonds. The van der Waals surface area contributed by atoms with Crippen LogP contribution in [-0.2, 0) is 7.05 Å². The summed E-state index contributed by atoms with van der Waals surface area (Å²) >= 11 is 0. The van der Waals surface area contributed by atoms with Crippen molar-refractivity contribution in [1.82, 2.24) is 14.8 Å². The van der Waals surface area contributed by atoms with Crippen molar-refractivity contribution in [2.24, 2.45) is 7.05 Å². The van der Waals surface area contributed by atoms with Crippen LogP contribution in [0.15, 0.2) is 41.3 Å². The van der Waals surface area contributed by atoms with Crippen LogP contribution in [0.3, 0.4) is 0 Å². The summed E-state index contributed by atoms with van der Waals surface area (Å²) in [6, 6.07) is 9.65. The number of carbonyl (C=O) groups excluding carboxylic acids is 1. The predicted octanol–water partition coefficient (Wildman–Crippen LogP) is 2.03. The van der Waals surface area contributed by atoms with Gasteiger partial charge >= 0.3 is 0 Å². The Morgan fingerprint density at radius 2 is 1.92 bits per heavy atom. The minimum atomic E-state index is -0.337. The van der Waals surface area contributed by atoms with E-state index in [9.17, 15) is 9.59 Å². The summed E-state index contributed by atoms with van der Waals surface area (Å²) in [5, 5.41) is 2.90. The third-order valence-corrected chi connectivity index (χ3v) is 4.36. The number of amides is 1. The first-order chi connectivity index (χ1) is 11.3. The number of hydrogen-bond acceptors (Lipinski definition) is 3. The minimum absolute atomic E-state index is 0.0458. The first-order valence-electron chi connectivity index (χ1n) is 7.98. The summed E-state index contributed by atoms with van der Waals surface area (Å²) in [6.07, 6.45) is 1.59. The molecule has 128 valence electrons. The number of carbonyl (C=O) groups is 1. The minimum Gasteiger partial charge on any atom is -0.354 e. The summed E-state index contributed by atoms with van der Waals surface area (Å²) in [6.45, 7) is 4.33. The largest absolute Gasteiger partial charge is 0.354 e. The molecule has 0 bridgehead atoms. The lowest BCUT2D eigenvalue weighted by Gasteiger charge is -2.26. The molecule has 2 rings (SSSR count). The van der Waals surface area contributed by atoms with Crippen molar-refractivity contribution in [3.8, 4) is 0 Å². The molecule has 0 aliphatic carbocycles. The van der Waals surface area contributed by atoms with Gasteiger partial charge in [-0.2, -0.15) is 0 Å². The van der Waals surface area contributed by atoms with Gasteiger partial charge in [-0.1, -0.05) is 24.3 Å². The van der Waals surface area contributed by atoms with Crippen LogP contribution in [-0.4, -0.2) is 36.0 Å². The summed E-state index contributed by atoms with van der Waals surface area (Å²) in [5.74, 6) is -0.337. The number of nitrogens with zero attached hydrogens (tertiary/aromatic N) is 2. The number of aromatic nitrogens is 1. The molecule has 5 heteroatoms. The van der Waals surface area contributed by atoms with Crippen LogP contribution in [0.1, 0.15) is 33.2 Å². The number of likely N-dealkylation sites (N-methyl/N-ethyl adjacent to an activating group) is 1. The maximum absolute atomic E-state index is 12.4. The highest BCUT2D eigenvalue weighted by Crippen LogP contribution is 2.21. The summed E-state index contributed by atoms with van der Waals surface area (Å²) in [4.78, 5) is 26.5. The lowest BCUT2D eigenvalue weighted by molar-refractivity contribution is 0.0940. The van der Waals surface area contributed by atoms with Crippen molar-refractivity contribution >= 4 is 5.91 Å². The Hall–Kier alpha value is -2.40. The van der Waals surface area contributed by atoms with Gasteiger partial charge in [0.15, 0.2) is 5.43 Å². The zero-order valence-electron chi connectivity index (χ0n) is 15.0. The van der Waals surface area contributed by atoms with E-state index in [1.807, 2.05) is 40.2 Å². The van der Waals surface area contributed by atoms with Gasteiger partial charge < -0.3 is 14.8 Å². The van der Waals surface area contributed by atoms with Crippen LogP contribution in [0.25, 0.3) is 0 Å². The highest BCUT2D eigenvalue weighted by atomic mass is 16.2. The normalized spacial score (nSPS) is 12.2. The van der Waals surface area contributed by atoms with E-state index >= 15 is 0 Å². The lowest BCUT2D eigenvalue weighted by Crippen LogP contribution is -2.37. The zero-order chi connectivity index (χ0) is 17.9. The predicted molar refractivity (Wildman–Crippen MR) is 96.4 cm³/mol. The van der Waals surface area contributed by atoms with Gasteiger partial charge in [0, 0.05) is 31.5 Å².